The minimum Gasteiger partial charge on any atom is -0.444 e. The SMILES string of the molecule is C[C@@H](C(=O)N[C@H]1CC(=O)S[C@H]2CC(C)(C)[C@@H](C(=O)N[C@H](CCOCC#CC#CCOCCCc3cccc(NC(=O)[C@H]4N5C(=O)[C@@H](N)CCS[C@H]5CC4(C)C)c3)c3ccccc3)N2C1)N(C)C(=O)OC(C)(C)C. The van der Waals surface area contributed by atoms with Gasteiger partial charge < -0.3 is 40.8 Å². The van der Waals surface area contributed by atoms with E-state index in [0.717, 1.165) is 36.1 Å². The van der Waals surface area contributed by atoms with Crippen LogP contribution >= 0.6 is 23.5 Å². The number of amides is 5. The molecule has 8 atom stereocenters. The molecule has 5 N–H and O–H groups in total. The van der Waals surface area contributed by atoms with Gasteiger partial charge in [0, 0.05) is 38.3 Å². The molecule has 0 spiro atoms. The predicted molar refractivity (Wildman–Crippen MR) is 286 cm³/mol. The molecule has 4 saturated heterocycles. The largest absolute Gasteiger partial charge is 0.444 e. The lowest BCUT2D eigenvalue weighted by atomic mass is 9.83. The first-order chi connectivity index (χ1) is 34.5. The minimum absolute atomic E-state index is 0.0503. The van der Waals surface area contributed by atoms with E-state index in [9.17, 15) is 28.8 Å². The van der Waals surface area contributed by atoms with E-state index in [1.807, 2.05) is 87.2 Å². The van der Waals surface area contributed by atoms with E-state index in [-0.39, 0.29) is 71.2 Å². The topological polar surface area (TPSA) is 202 Å². The molecule has 0 saturated carbocycles. The number of anilines is 1. The molecule has 5 amide bonds. The van der Waals surface area contributed by atoms with Gasteiger partial charge in [0.25, 0.3) is 0 Å². The summed E-state index contributed by atoms with van der Waals surface area (Å²) in [7, 11) is 1.50. The highest BCUT2D eigenvalue weighted by Crippen LogP contribution is 2.48. The second-order valence-corrected chi connectivity index (χ2v) is 24.3. The number of carbonyl (C=O) groups is 6. The Morgan fingerprint density at radius 3 is 2.27 bits per heavy atom. The van der Waals surface area contributed by atoms with Crippen LogP contribution in [-0.2, 0) is 44.6 Å². The van der Waals surface area contributed by atoms with Gasteiger partial charge in [-0.25, -0.2) is 4.79 Å². The quantitative estimate of drug-likeness (QED) is 0.105. The summed E-state index contributed by atoms with van der Waals surface area (Å²) in [5, 5.41) is 8.99. The Labute approximate surface area is 440 Å². The van der Waals surface area contributed by atoms with Crippen LogP contribution in [0.5, 0.6) is 0 Å². The molecule has 4 aliphatic rings. The second kappa shape index (κ2) is 25.4. The van der Waals surface area contributed by atoms with Crippen LogP contribution in [0.2, 0.25) is 0 Å². The monoisotopic (exact) mass is 1040 g/mol. The fraction of sp³-hybridized carbons (Fsp3) is 0.600. The molecule has 6 rings (SSSR count). The number of nitrogens with two attached hydrogens (primary N) is 1. The molecule has 4 fully saturated rings. The summed E-state index contributed by atoms with van der Waals surface area (Å²) in [5.74, 6) is 11.3. The molecule has 0 radical (unpaired) electrons. The van der Waals surface area contributed by atoms with Crippen molar-refractivity contribution in [3.8, 4) is 23.7 Å². The van der Waals surface area contributed by atoms with Gasteiger partial charge in [-0.3, -0.25) is 33.8 Å². The third-order valence-corrected chi connectivity index (χ3v) is 16.1. The first-order valence-electron chi connectivity index (χ1n) is 25.3. The van der Waals surface area contributed by atoms with Gasteiger partial charge in [-0.05, 0) is 118 Å². The zero-order chi connectivity index (χ0) is 53.1. The van der Waals surface area contributed by atoms with E-state index in [2.05, 4.69) is 39.6 Å². The number of thioether (sulfide) groups is 2. The van der Waals surface area contributed by atoms with Gasteiger partial charge in [0.15, 0.2) is 5.12 Å². The zero-order valence-electron chi connectivity index (χ0n) is 43.9. The lowest BCUT2D eigenvalue weighted by Gasteiger charge is -2.35. The van der Waals surface area contributed by atoms with E-state index in [4.69, 9.17) is 19.9 Å². The lowest BCUT2D eigenvalue weighted by Crippen LogP contribution is -2.56. The highest BCUT2D eigenvalue weighted by molar-refractivity contribution is 8.14. The molecular formula is C55H75N7O9S2. The normalized spacial score (nSPS) is 24.2. The second-order valence-electron chi connectivity index (χ2n) is 21.7. The summed E-state index contributed by atoms with van der Waals surface area (Å²) in [5.41, 5.74) is 7.24. The third kappa shape index (κ3) is 15.7. The number of rotatable bonds is 17. The molecule has 16 nitrogen and oxygen atoms in total. The summed E-state index contributed by atoms with van der Waals surface area (Å²) in [6, 6.07) is 13.9. The van der Waals surface area contributed by atoms with Crippen LogP contribution in [-0.4, -0.2) is 142 Å². The highest BCUT2D eigenvalue weighted by Gasteiger charge is 2.55. The number of aryl methyl sites for hydroxylation is 1. The van der Waals surface area contributed by atoms with Gasteiger partial charge >= 0.3 is 6.09 Å². The standard InChI is InChI=1S/C55H75N7O9S2/c1-36(60(9)52(68)71-53(2,3)4)48(64)58-40-32-45(63)73-43-33-54(5,6)46(61(43)35-40)49(65)59-42(38-21-13-12-14-22-38)24-29-70-27-16-11-10-15-26-69-28-18-20-37-19-17-23-39(31-37)57-50(66)47-55(7,8)34-44-62(47)51(67)41(56)25-30-72-44/h12-14,17,19,21-23,31,36,40-44,46-47H,18,20,24-30,32-35,56H2,1-9H3,(H,57,66)(H,58,64)(H,59,65)/t36-,40-,41-,42+,43-,44-,46+,47+/m0/s1. The maximum atomic E-state index is 14.4. The number of ether oxygens (including phenoxy) is 3. The van der Waals surface area contributed by atoms with E-state index < -0.39 is 53.2 Å². The summed E-state index contributed by atoms with van der Waals surface area (Å²) >= 11 is 2.92. The van der Waals surface area contributed by atoms with Crippen molar-refractivity contribution in [1.82, 2.24) is 25.3 Å². The third-order valence-electron chi connectivity index (χ3n) is 13.7. The van der Waals surface area contributed by atoms with Gasteiger partial charge in [-0.15, -0.1) is 11.8 Å². The summed E-state index contributed by atoms with van der Waals surface area (Å²) in [6.07, 6.45) is 3.40. The van der Waals surface area contributed by atoms with Crippen LogP contribution in [0.1, 0.15) is 111 Å². The van der Waals surface area contributed by atoms with Gasteiger partial charge in [-0.2, -0.15) is 0 Å². The first kappa shape index (κ1) is 57.2. The lowest BCUT2D eigenvalue weighted by molar-refractivity contribution is -0.139. The first-order valence-corrected chi connectivity index (χ1v) is 27.2. The average molecular weight is 1040 g/mol. The molecule has 0 aromatic heterocycles. The Bertz CT molecular complexity index is 2430. The van der Waals surface area contributed by atoms with E-state index >= 15 is 0 Å². The van der Waals surface area contributed by atoms with Gasteiger partial charge in [0.1, 0.15) is 30.9 Å². The smallest absolute Gasteiger partial charge is 0.410 e. The maximum absolute atomic E-state index is 14.4. The van der Waals surface area contributed by atoms with Crippen molar-refractivity contribution in [2.75, 3.05) is 51.1 Å². The van der Waals surface area contributed by atoms with Gasteiger partial charge in [0.05, 0.1) is 35.5 Å². The fourth-order valence-electron chi connectivity index (χ4n) is 9.94. The molecule has 396 valence electrons. The van der Waals surface area contributed by atoms with Crippen molar-refractivity contribution in [1.29, 1.82) is 0 Å². The molecule has 0 bridgehead atoms. The van der Waals surface area contributed by atoms with Crippen molar-refractivity contribution >= 4 is 64.0 Å². The molecule has 2 aromatic rings. The number of benzene rings is 2. The minimum atomic E-state index is -0.859. The molecule has 73 heavy (non-hydrogen) atoms. The highest BCUT2D eigenvalue weighted by atomic mass is 32.2. The molecule has 4 aliphatic heterocycles. The summed E-state index contributed by atoms with van der Waals surface area (Å²) < 4.78 is 17.1. The van der Waals surface area contributed by atoms with Gasteiger partial charge in [0.2, 0.25) is 23.6 Å². The number of carbonyl (C=O) groups excluding carboxylic acids is 6. The van der Waals surface area contributed by atoms with E-state index in [1.165, 1.54) is 23.7 Å². The Morgan fingerprint density at radius 1 is 0.904 bits per heavy atom. The van der Waals surface area contributed by atoms with Crippen LogP contribution in [0.15, 0.2) is 54.6 Å². The van der Waals surface area contributed by atoms with Crippen molar-refractivity contribution in [2.24, 2.45) is 16.6 Å². The van der Waals surface area contributed by atoms with Crippen molar-refractivity contribution in [2.45, 2.75) is 153 Å². The van der Waals surface area contributed by atoms with E-state index in [1.54, 1.807) is 44.4 Å². The number of fused-ring (bicyclic) bond motifs is 2. The number of nitrogens with zero attached hydrogens (tertiary/aromatic N) is 3. The summed E-state index contributed by atoms with van der Waals surface area (Å²) in [6.45, 7) is 16.5. The average Bonchev–Trinajstić information content (AvgIpc) is 3.61. The predicted octanol–water partition coefficient (Wildman–Crippen LogP) is 6.09. The molecule has 18 heteroatoms. The molecule has 2 aromatic carbocycles. The number of nitrogens with one attached hydrogen (secondary N) is 3. The Kier molecular flexibility index (Phi) is 19.9. The van der Waals surface area contributed by atoms with Crippen molar-refractivity contribution < 1.29 is 43.0 Å². The van der Waals surface area contributed by atoms with Crippen LogP contribution in [0.3, 0.4) is 0 Å². The Morgan fingerprint density at radius 2 is 1.58 bits per heavy atom. The van der Waals surface area contributed by atoms with Crippen molar-refractivity contribution in [3.05, 3.63) is 65.7 Å². The Hall–Kier alpha value is -5.08. The Balaban J connectivity index is 0.933. The molecule has 0 aliphatic carbocycles. The number of hydrogen-bond acceptors (Lipinski definition) is 13. The maximum Gasteiger partial charge on any atom is 0.410 e. The van der Waals surface area contributed by atoms with Crippen molar-refractivity contribution in [3.63, 3.8) is 0 Å². The van der Waals surface area contributed by atoms with Crippen LogP contribution in [0.25, 0.3) is 0 Å². The van der Waals surface area contributed by atoms with Gasteiger partial charge in [-0.1, -0.05) is 93.8 Å². The summed E-state index contributed by atoms with van der Waals surface area (Å²) in [4.78, 5) is 85.7. The molecule has 4 heterocycles. The fourth-order valence-corrected chi connectivity index (χ4v) is 13.0. The van der Waals surface area contributed by atoms with E-state index in [0.29, 0.717) is 38.2 Å². The van der Waals surface area contributed by atoms with Crippen LogP contribution in [0.4, 0.5) is 10.5 Å². The number of likely N-dealkylation sites (N-methyl/N-ethyl adjacent to an activating group) is 1. The van der Waals surface area contributed by atoms with Crippen LogP contribution < -0.4 is 21.7 Å². The van der Waals surface area contributed by atoms with Crippen LogP contribution in [0, 0.1) is 34.5 Å². The zero-order valence-corrected chi connectivity index (χ0v) is 45.6. The molecular weight excluding hydrogens is 967 g/mol. The molecule has 0 unspecified atom stereocenters. The number of hydrogen-bond donors (Lipinski definition) is 4.